The van der Waals surface area contributed by atoms with E-state index in [0.717, 1.165) is 18.5 Å². The Kier molecular flexibility index (Phi) is 5.94. The molecule has 0 radical (unpaired) electrons. The van der Waals surface area contributed by atoms with Crippen molar-refractivity contribution in [1.82, 2.24) is 10.2 Å². The molecule has 2 aromatic rings. The molecule has 1 atom stereocenters. The van der Waals surface area contributed by atoms with Gasteiger partial charge in [0.1, 0.15) is 0 Å². The SMILES string of the molecule is CCC(C)NCc1ccccc1-c1ccc(C(=O)N(C)C)cc1. The number of amides is 1. The molecule has 0 aliphatic rings. The fourth-order valence-electron chi connectivity index (χ4n) is 2.44. The summed E-state index contributed by atoms with van der Waals surface area (Å²) in [6, 6.07) is 16.8. The zero-order valence-electron chi connectivity index (χ0n) is 14.5. The average Bonchev–Trinajstić information content (AvgIpc) is 2.59. The largest absolute Gasteiger partial charge is 0.345 e. The van der Waals surface area contributed by atoms with E-state index in [1.54, 1.807) is 19.0 Å². The van der Waals surface area contributed by atoms with Gasteiger partial charge in [-0.2, -0.15) is 0 Å². The number of rotatable bonds is 6. The van der Waals surface area contributed by atoms with Crippen molar-refractivity contribution in [3.05, 3.63) is 59.7 Å². The van der Waals surface area contributed by atoms with Gasteiger partial charge in [0.05, 0.1) is 0 Å². The number of carbonyl (C=O) groups is 1. The smallest absolute Gasteiger partial charge is 0.253 e. The first-order valence-corrected chi connectivity index (χ1v) is 8.16. The Balaban J connectivity index is 2.23. The lowest BCUT2D eigenvalue weighted by Crippen LogP contribution is -2.24. The third-order valence-electron chi connectivity index (χ3n) is 4.12. The molecular formula is C20H26N2O. The topological polar surface area (TPSA) is 32.3 Å². The van der Waals surface area contributed by atoms with Crippen LogP contribution in [0.4, 0.5) is 0 Å². The van der Waals surface area contributed by atoms with E-state index in [1.165, 1.54) is 11.1 Å². The van der Waals surface area contributed by atoms with E-state index in [4.69, 9.17) is 0 Å². The minimum absolute atomic E-state index is 0.0308. The highest BCUT2D eigenvalue weighted by Gasteiger charge is 2.09. The fraction of sp³-hybridized carbons (Fsp3) is 0.350. The van der Waals surface area contributed by atoms with Gasteiger partial charge in [0, 0.05) is 32.2 Å². The monoisotopic (exact) mass is 310 g/mol. The molecule has 0 heterocycles. The van der Waals surface area contributed by atoms with Crippen molar-refractivity contribution < 1.29 is 4.79 Å². The molecular weight excluding hydrogens is 284 g/mol. The van der Waals surface area contributed by atoms with Crippen LogP contribution in [0.2, 0.25) is 0 Å². The quantitative estimate of drug-likeness (QED) is 0.876. The van der Waals surface area contributed by atoms with E-state index in [0.29, 0.717) is 11.6 Å². The van der Waals surface area contributed by atoms with Crippen LogP contribution in [0.3, 0.4) is 0 Å². The van der Waals surface area contributed by atoms with E-state index in [2.05, 4.69) is 43.4 Å². The second-order valence-corrected chi connectivity index (χ2v) is 6.12. The number of nitrogens with one attached hydrogen (secondary N) is 1. The number of hydrogen-bond acceptors (Lipinski definition) is 2. The minimum atomic E-state index is 0.0308. The molecule has 3 heteroatoms. The Morgan fingerprint density at radius 2 is 1.74 bits per heavy atom. The molecule has 122 valence electrons. The molecule has 1 unspecified atom stereocenters. The summed E-state index contributed by atoms with van der Waals surface area (Å²) >= 11 is 0. The summed E-state index contributed by atoms with van der Waals surface area (Å²) in [6.45, 7) is 5.23. The third-order valence-corrected chi connectivity index (χ3v) is 4.12. The molecule has 0 spiro atoms. The second-order valence-electron chi connectivity index (χ2n) is 6.12. The Hall–Kier alpha value is -2.13. The zero-order chi connectivity index (χ0) is 16.8. The molecule has 0 fully saturated rings. The first-order chi connectivity index (χ1) is 11.0. The van der Waals surface area contributed by atoms with Gasteiger partial charge in [0.15, 0.2) is 0 Å². The van der Waals surface area contributed by atoms with Crippen molar-refractivity contribution in [1.29, 1.82) is 0 Å². The molecule has 3 nitrogen and oxygen atoms in total. The highest BCUT2D eigenvalue weighted by atomic mass is 16.2. The minimum Gasteiger partial charge on any atom is -0.345 e. The molecule has 2 rings (SSSR count). The molecule has 1 N–H and O–H groups in total. The lowest BCUT2D eigenvalue weighted by Gasteiger charge is -2.15. The maximum Gasteiger partial charge on any atom is 0.253 e. The molecule has 0 saturated heterocycles. The number of benzene rings is 2. The number of nitrogens with zero attached hydrogens (tertiary/aromatic N) is 1. The number of carbonyl (C=O) groups excluding carboxylic acids is 1. The van der Waals surface area contributed by atoms with Gasteiger partial charge in [-0.05, 0) is 42.2 Å². The van der Waals surface area contributed by atoms with Crippen molar-refractivity contribution >= 4 is 5.91 Å². The van der Waals surface area contributed by atoms with Crippen LogP contribution in [0.25, 0.3) is 11.1 Å². The van der Waals surface area contributed by atoms with E-state index < -0.39 is 0 Å². The summed E-state index contributed by atoms with van der Waals surface area (Å²) in [5.74, 6) is 0.0308. The summed E-state index contributed by atoms with van der Waals surface area (Å²) in [7, 11) is 3.54. The Morgan fingerprint density at radius 1 is 1.09 bits per heavy atom. The zero-order valence-corrected chi connectivity index (χ0v) is 14.5. The van der Waals surface area contributed by atoms with E-state index in [-0.39, 0.29) is 5.91 Å². The summed E-state index contributed by atoms with van der Waals surface area (Å²) < 4.78 is 0. The van der Waals surface area contributed by atoms with Crippen molar-refractivity contribution in [3.63, 3.8) is 0 Å². The van der Waals surface area contributed by atoms with Crippen LogP contribution in [0.15, 0.2) is 48.5 Å². The van der Waals surface area contributed by atoms with Crippen LogP contribution >= 0.6 is 0 Å². The normalized spacial score (nSPS) is 12.0. The van der Waals surface area contributed by atoms with E-state index in [1.807, 2.05) is 24.3 Å². The molecule has 1 amide bonds. The lowest BCUT2D eigenvalue weighted by atomic mass is 9.98. The maximum atomic E-state index is 12.0. The van der Waals surface area contributed by atoms with Gasteiger partial charge < -0.3 is 10.2 Å². The van der Waals surface area contributed by atoms with Gasteiger partial charge in [-0.15, -0.1) is 0 Å². The fourth-order valence-corrected chi connectivity index (χ4v) is 2.44. The average molecular weight is 310 g/mol. The van der Waals surface area contributed by atoms with Crippen LogP contribution in [0.5, 0.6) is 0 Å². The van der Waals surface area contributed by atoms with Gasteiger partial charge in [-0.1, -0.05) is 43.3 Å². The summed E-state index contributed by atoms with van der Waals surface area (Å²) in [6.07, 6.45) is 1.11. The van der Waals surface area contributed by atoms with Crippen molar-refractivity contribution in [2.75, 3.05) is 14.1 Å². The Labute approximate surface area is 139 Å². The van der Waals surface area contributed by atoms with Crippen LogP contribution in [0.1, 0.15) is 36.2 Å². The molecule has 0 aliphatic carbocycles. The lowest BCUT2D eigenvalue weighted by molar-refractivity contribution is 0.0827. The molecule has 23 heavy (non-hydrogen) atoms. The molecule has 0 aliphatic heterocycles. The van der Waals surface area contributed by atoms with E-state index >= 15 is 0 Å². The summed E-state index contributed by atoms with van der Waals surface area (Å²) in [4.78, 5) is 13.6. The van der Waals surface area contributed by atoms with Crippen molar-refractivity contribution in [3.8, 4) is 11.1 Å². The second kappa shape index (κ2) is 7.93. The van der Waals surface area contributed by atoms with Crippen LogP contribution in [-0.2, 0) is 6.54 Å². The van der Waals surface area contributed by atoms with Gasteiger partial charge >= 0.3 is 0 Å². The van der Waals surface area contributed by atoms with Crippen LogP contribution < -0.4 is 5.32 Å². The predicted molar refractivity (Wildman–Crippen MR) is 96.5 cm³/mol. The first kappa shape index (κ1) is 17.2. The standard InChI is InChI=1S/C20H26N2O/c1-5-15(2)21-14-18-8-6-7-9-19(18)16-10-12-17(13-11-16)20(23)22(3)4/h6-13,15,21H,5,14H2,1-4H3. The maximum absolute atomic E-state index is 12.0. The highest BCUT2D eigenvalue weighted by molar-refractivity contribution is 5.94. The van der Waals surface area contributed by atoms with Crippen molar-refractivity contribution in [2.45, 2.75) is 32.9 Å². The highest BCUT2D eigenvalue weighted by Crippen LogP contribution is 2.24. The molecule has 0 saturated carbocycles. The molecule has 0 bridgehead atoms. The van der Waals surface area contributed by atoms with Gasteiger partial charge in [0.2, 0.25) is 0 Å². The Morgan fingerprint density at radius 3 is 2.35 bits per heavy atom. The summed E-state index contributed by atoms with van der Waals surface area (Å²) in [5.41, 5.74) is 4.35. The first-order valence-electron chi connectivity index (χ1n) is 8.16. The summed E-state index contributed by atoms with van der Waals surface area (Å²) in [5, 5.41) is 3.54. The van der Waals surface area contributed by atoms with Crippen LogP contribution in [-0.4, -0.2) is 30.9 Å². The molecule has 2 aromatic carbocycles. The van der Waals surface area contributed by atoms with Gasteiger partial charge in [0.25, 0.3) is 5.91 Å². The Bertz CT molecular complexity index is 647. The third kappa shape index (κ3) is 4.42. The molecule has 0 aromatic heterocycles. The number of hydrogen-bond donors (Lipinski definition) is 1. The van der Waals surface area contributed by atoms with Gasteiger partial charge in [-0.25, -0.2) is 0 Å². The van der Waals surface area contributed by atoms with Gasteiger partial charge in [-0.3, -0.25) is 4.79 Å². The van der Waals surface area contributed by atoms with Crippen LogP contribution in [0, 0.1) is 0 Å². The van der Waals surface area contributed by atoms with E-state index in [9.17, 15) is 4.79 Å². The van der Waals surface area contributed by atoms with Crippen molar-refractivity contribution in [2.24, 2.45) is 0 Å². The predicted octanol–water partition coefficient (Wildman–Crippen LogP) is 3.94.